The van der Waals surface area contributed by atoms with E-state index in [1.165, 1.54) is 50.8 Å². The first-order valence-corrected chi connectivity index (χ1v) is 10.9. The summed E-state index contributed by atoms with van der Waals surface area (Å²) < 4.78 is 34.3. The second-order valence-electron chi connectivity index (χ2n) is 8.73. The molecule has 0 radical (unpaired) electrons. The molecule has 6 heteroatoms. The summed E-state index contributed by atoms with van der Waals surface area (Å²) in [6.07, 6.45) is 14.4. The van der Waals surface area contributed by atoms with Gasteiger partial charge in [-0.3, -0.25) is 0 Å². The van der Waals surface area contributed by atoms with Gasteiger partial charge in [-0.2, -0.15) is 0 Å². The summed E-state index contributed by atoms with van der Waals surface area (Å²) >= 11 is 0. The van der Waals surface area contributed by atoms with Gasteiger partial charge in [0.2, 0.25) is 0 Å². The lowest BCUT2D eigenvalue weighted by molar-refractivity contribution is -0.0188. The number of nitrogens with one attached hydrogen (secondary N) is 2. The van der Waals surface area contributed by atoms with Gasteiger partial charge in [-0.25, -0.2) is 13.6 Å². The molecule has 3 aliphatic carbocycles. The molecule has 158 valence electrons. The van der Waals surface area contributed by atoms with Gasteiger partial charge in [-0.15, -0.1) is 0 Å². The molecule has 3 rings (SSSR count). The number of allylic oxidation sites excluding steroid dienone is 3. The van der Waals surface area contributed by atoms with Gasteiger partial charge >= 0.3 is 6.03 Å². The number of hydrogen-bond acceptors (Lipinski definition) is 2. The molecule has 4 nitrogen and oxygen atoms in total. The largest absolute Gasteiger partial charge is 0.377 e. The fraction of sp³-hybridized carbons (Fsp3) is 0.773. The molecule has 0 aromatic heterocycles. The van der Waals surface area contributed by atoms with Crippen LogP contribution in [-0.2, 0) is 4.74 Å². The third kappa shape index (κ3) is 6.03. The van der Waals surface area contributed by atoms with Crippen molar-refractivity contribution < 1.29 is 18.3 Å². The third-order valence-corrected chi connectivity index (χ3v) is 6.39. The van der Waals surface area contributed by atoms with E-state index in [1.807, 2.05) is 0 Å². The second-order valence-corrected chi connectivity index (χ2v) is 8.73. The molecular formula is C22H34F2N2O2. The van der Waals surface area contributed by atoms with E-state index in [4.69, 9.17) is 4.74 Å². The number of urea groups is 1. The second kappa shape index (κ2) is 9.86. The molecule has 0 aromatic rings. The molecule has 0 bridgehead atoms. The molecule has 3 aliphatic rings. The van der Waals surface area contributed by atoms with Crippen LogP contribution in [0.1, 0.15) is 71.1 Å². The number of rotatable bonds is 5. The third-order valence-electron chi connectivity index (χ3n) is 6.39. The van der Waals surface area contributed by atoms with Crippen molar-refractivity contribution in [3.63, 3.8) is 0 Å². The maximum absolute atomic E-state index is 14.5. The molecule has 2 saturated carbocycles. The van der Waals surface area contributed by atoms with Crippen molar-refractivity contribution in [3.05, 3.63) is 24.1 Å². The van der Waals surface area contributed by atoms with E-state index < -0.39 is 17.4 Å². The van der Waals surface area contributed by atoms with Crippen molar-refractivity contribution in [2.24, 2.45) is 5.92 Å². The van der Waals surface area contributed by atoms with Crippen LogP contribution in [0.2, 0.25) is 0 Å². The van der Waals surface area contributed by atoms with Gasteiger partial charge in [0.15, 0.2) is 0 Å². The van der Waals surface area contributed by atoms with Crippen molar-refractivity contribution in [1.29, 1.82) is 0 Å². The predicted molar refractivity (Wildman–Crippen MR) is 106 cm³/mol. The molecular weight excluding hydrogens is 362 g/mol. The Bertz CT molecular complexity index is 575. The van der Waals surface area contributed by atoms with Gasteiger partial charge < -0.3 is 15.4 Å². The number of alkyl halides is 1. The van der Waals surface area contributed by atoms with Crippen molar-refractivity contribution in [1.82, 2.24) is 10.6 Å². The minimum absolute atomic E-state index is 0.00234. The minimum atomic E-state index is -1.71. The van der Waals surface area contributed by atoms with Crippen LogP contribution in [0.15, 0.2) is 24.1 Å². The van der Waals surface area contributed by atoms with E-state index in [1.54, 1.807) is 0 Å². The van der Waals surface area contributed by atoms with Crippen LogP contribution in [0.25, 0.3) is 0 Å². The van der Waals surface area contributed by atoms with Crippen LogP contribution >= 0.6 is 0 Å². The Morgan fingerprint density at radius 1 is 1.07 bits per heavy atom. The van der Waals surface area contributed by atoms with Crippen molar-refractivity contribution >= 4 is 6.03 Å². The zero-order valence-electron chi connectivity index (χ0n) is 16.9. The van der Waals surface area contributed by atoms with Gasteiger partial charge in [0, 0.05) is 12.1 Å². The van der Waals surface area contributed by atoms with Gasteiger partial charge in [-0.05, 0) is 57.6 Å². The van der Waals surface area contributed by atoms with Crippen LogP contribution in [0.4, 0.5) is 13.6 Å². The zero-order chi connectivity index (χ0) is 20.0. The number of ether oxygens (including phenoxy) is 1. The summed E-state index contributed by atoms with van der Waals surface area (Å²) in [5, 5.41) is 6.21. The summed E-state index contributed by atoms with van der Waals surface area (Å²) in [5.41, 5.74) is -1.71. The van der Waals surface area contributed by atoms with E-state index in [0.717, 1.165) is 38.5 Å². The van der Waals surface area contributed by atoms with E-state index in [0.29, 0.717) is 6.04 Å². The Morgan fingerprint density at radius 2 is 1.68 bits per heavy atom. The lowest BCUT2D eigenvalue weighted by Crippen LogP contribution is -2.47. The smallest absolute Gasteiger partial charge is 0.315 e. The minimum Gasteiger partial charge on any atom is -0.377 e. The molecule has 2 N–H and O–H groups in total. The summed E-state index contributed by atoms with van der Waals surface area (Å²) in [7, 11) is 0. The summed E-state index contributed by atoms with van der Waals surface area (Å²) in [5.74, 6) is -1.34. The Kier molecular flexibility index (Phi) is 7.49. The first kappa shape index (κ1) is 21.3. The fourth-order valence-corrected chi connectivity index (χ4v) is 4.51. The maximum Gasteiger partial charge on any atom is 0.315 e. The first-order valence-electron chi connectivity index (χ1n) is 10.9. The molecule has 28 heavy (non-hydrogen) atoms. The lowest BCUT2D eigenvalue weighted by atomic mass is 9.86. The highest BCUT2D eigenvalue weighted by Gasteiger charge is 2.38. The van der Waals surface area contributed by atoms with Gasteiger partial charge in [0.05, 0.1) is 18.6 Å². The molecule has 2 unspecified atom stereocenters. The highest BCUT2D eigenvalue weighted by atomic mass is 19.1. The van der Waals surface area contributed by atoms with Crippen LogP contribution in [0, 0.1) is 5.92 Å². The van der Waals surface area contributed by atoms with E-state index in [-0.39, 0.29) is 24.8 Å². The zero-order valence-corrected chi connectivity index (χ0v) is 16.9. The van der Waals surface area contributed by atoms with Crippen LogP contribution in [0.3, 0.4) is 0 Å². The Morgan fingerprint density at radius 3 is 2.29 bits per heavy atom. The van der Waals surface area contributed by atoms with Crippen molar-refractivity contribution in [2.45, 2.75) is 95.0 Å². The van der Waals surface area contributed by atoms with Gasteiger partial charge in [0.1, 0.15) is 11.5 Å². The molecule has 0 spiro atoms. The van der Waals surface area contributed by atoms with Crippen LogP contribution in [-0.4, -0.2) is 36.5 Å². The van der Waals surface area contributed by atoms with Crippen molar-refractivity contribution in [3.8, 4) is 0 Å². The molecule has 0 heterocycles. The normalized spacial score (nSPS) is 34.4. The number of carbonyl (C=O) groups is 1. The number of hydrogen-bond donors (Lipinski definition) is 2. The molecule has 2 amide bonds. The van der Waals surface area contributed by atoms with E-state index >= 15 is 0 Å². The van der Waals surface area contributed by atoms with Gasteiger partial charge in [0.25, 0.3) is 0 Å². The lowest BCUT2D eigenvalue weighted by Gasteiger charge is -2.33. The Balaban J connectivity index is 1.35. The van der Waals surface area contributed by atoms with Gasteiger partial charge in [-0.1, -0.05) is 31.8 Å². The van der Waals surface area contributed by atoms with Crippen LogP contribution < -0.4 is 10.6 Å². The summed E-state index contributed by atoms with van der Waals surface area (Å²) in [6.45, 7) is 1.43. The monoisotopic (exact) mass is 396 g/mol. The Labute approximate surface area is 167 Å². The number of halogens is 2. The first-order chi connectivity index (χ1) is 13.4. The standard InChI is InChI=1S/C22H34F2N2O2/c1-22(24)14-6-9-20(23)19(22)15-28-18-12-10-17(11-13-18)26-21(27)25-16-7-4-2-3-5-8-16/h6,9,14,16-19H,2-5,7-8,10-13,15H2,1H3,(H2,25,26,27). The predicted octanol–water partition coefficient (Wildman–Crippen LogP) is 5.10. The molecule has 0 saturated heterocycles. The summed E-state index contributed by atoms with van der Waals surface area (Å²) in [4.78, 5) is 12.3. The molecule has 2 fully saturated rings. The SMILES string of the molecule is CC1(F)C=CC=C(F)C1COC1CCC(NC(=O)NC2CCCCCC2)CC1. The quantitative estimate of drug-likeness (QED) is 0.635. The molecule has 2 atom stereocenters. The average Bonchev–Trinajstić information content (AvgIpc) is 2.90. The highest BCUT2D eigenvalue weighted by molar-refractivity contribution is 5.74. The van der Waals surface area contributed by atoms with Crippen molar-refractivity contribution in [2.75, 3.05) is 6.61 Å². The average molecular weight is 397 g/mol. The molecule has 0 aliphatic heterocycles. The van der Waals surface area contributed by atoms with E-state index in [2.05, 4.69) is 10.6 Å². The van der Waals surface area contributed by atoms with Crippen LogP contribution in [0.5, 0.6) is 0 Å². The fourth-order valence-electron chi connectivity index (χ4n) is 4.51. The maximum atomic E-state index is 14.5. The number of amides is 2. The molecule has 0 aromatic carbocycles. The number of carbonyl (C=O) groups excluding carboxylic acids is 1. The highest BCUT2D eigenvalue weighted by Crippen LogP contribution is 2.35. The van der Waals surface area contributed by atoms with E-state index in [9.17, 15) is 13.6 Å². The summed E-state index contributed by atoms with van der Waals surface area (Å²) in [6, 6.07) is 0.377. The topological polar surface area (TPSA) is 50.4 Å². The Hall–Kier alpha value is -1.43.